The molecule has 8 heteroatoms. The summed E-state index contributed by atoms with van der Waals surface area (Å²) in [6.07, 6.45) is 3.31. The summed E-state index contributed by atoms with van der Waals surface area (Å²) in [6, 6.07) is 5.68. The van der Waals surface area contributed by atoms with E-state index in [-0.39, 0.29) is 42.2 Å². The van der Waals surface area contributed by atoms with Crippen LogP contribution >= 0.6 is 24.0 Å². The zero-order valence-corrected chi connectivity index (χ0v) is 18.4. The molecule has 1 aliphatic rings. The van der Waals surface area contributed by atoms with Gasteiger partial charge in [0.25, 0.3) is 0 Å². The Bertz CT molecular complexity index is 592. The van der Waals surface area contributed by atoms with E-state index in [1.165, 1.54) is 24.3 Å². The van der Waals surface area contributed by atoms with E-state index in [9.17, 15) is 9.18 Å². The van der Waals surface area contributed by atoms with E-state index in [0.29, 0.717) is 17.6 Å². The summed E-state index contributed by atoms with van der Waals surface area (Å²) in [5, 5.41) is 5.93. The molecule has 0 atom stereocenters. The zero-order valence-electron chi connectivity index (χ0n) is 16.0. The first-order valence-corrected chi connectivity index (χ1v) is 9.21. The Morgan fingerprint density at radius 1 is 1.30 bits per heavy atom. The highest BCUT2D eigenvalue weighted by atomic mass is 127. The maximum atomic E-state index is 12.9. The molecule has 152 valence electrons. The normalized spacial score (nSPS) is 15.0. The number of rotatable bonds is 7. The summed E-state index contributed by atoms with van der Waals surface area (Å²) < 4.78 is 18.3. The molecule has 1 heterocycles. The molecule has 0 aliphatic carbocycles. The second-order valence-electron chi connectivity index (χ2n) is 6.49. The standard InChI is InChI=1S/C19H29FN4O2.HI/c1-3-21-19(24(2)11-8-15-9-12-26-13-10-15)22-14-18(25)23-17-6-4-16(20)5-7-17;/h4-7,15H,3,8-14H2,1-2H3,(H,21,22)(H,23,25);1H. The summed E-state index contributed by atoms with van der Waals surface area (Å²) in [5.41, 5.74) is 0.560. The Balaban J connectivity index is 0.00000364. The van der Waals surface area contributed by atoms with Crippen LogP contribution in [0.25, 0.3) is 0 Å². The first kappa shape index (κ1) is 23.6. The van der Waals surface area contributed by atoms with Gasteiger partial charge in [-0.2, -0.15) is 0 Å². The van der Waals surface area contributed by atoms with Crippen molar-refractivity contribution in [2.45, 2.75) is 26.2 Å². The fraction of sp³-hybridized carbons (Fsp3) is 0.579. The lowest BCUT2D eigenvalue weighted by atomic mass is 9.96. The average Bonchev–Trinajstić information content (AvgIpc) is 2.66. The van der Waals surface area contributed by atoms with E-state index < -0.39 is 0 Å². The molecular weight excluding hydrogens is 462 g/mol. The van der Waals surface area contributed by atoms with Crippen molar-refractivity contribution in [3.63, 3.8) is 0 Å². The van der Waals surface area contributed by atoms with Crippen molar-refractivity contribution in [1.29, 1.82) is 0 Å². The highest BCUT2D eigenvalue weighted by Gasteiger charge is 2.15. The largest absolute Gasteiger partial charge is 0.381 e. The van der Waals surface area contributed by atoms with Crippen LogP contribution in [0.1, 0.15) is 26.2 Å². The maximum Gasteiger partial charge on any atom is 0.246 e. The molecule has 0 bridgehead atoms. The van der Waals surface area contributed by atoms with E-state index in [1.807, 2.05) is 14.0 Å². The Morgan fingerprint density at radius 2 is 1.96 bits per heavy atom. The Morgan fingerprint density at radius 3 is 2.59 bits per heavy atom. The number of guanidine groups is 1. The third-order valence-corrected chi connectivity index (χ3v) is 4.41. The topological polar surface area (TPSA) is 66.0 Å². The number of carbonyl (C=O) groups is 1. The molecule has 2 rings (SSSR count). The predicted octanol–water partition coefficient (Wildman–Crippen LogP) is 3.10. The highest BCUT2D eigenvalue weighted by molar-refractivity contribution is 14.0. The number of hydrogen-bond acceptors (Lipinski definition) is 3. The van der Waals surface area contributed by atoms with Crippen molar-refractivity contribution in [3.05, 3.63) is 30.1 Å². The molecule has 0 aromatic heterocycles. The highest BCUT2D eigenvalue weighted by Crippen LogP contribution is 2.18. The van der Waals surface area contributed by atoms with E-state index in [0.717, 1.165) is 45.6 Å². The van der Waals surface area contributed by atoms with Gasteiger partial charge < -0.3 is 20.3 Å². The fourth-order valence-corrected chi connectivity index (χ4v) is 2.87. The molecule has 0 unspecified atom stereocenters. The Labute approximate surface area is 178 Å². The lowest BCUT2D eigenvalue weighted by Crippen LogP contribution is -2.40. The van der Waals surface area contributed by atoms with Crippen LogP contribution in [-0.4, -0.2) is 56.7 Å². The molecule has 27 heavy (non-hydrogen) atoms. The smallest absolute Gasteiger partial charge is 0.246 e. The van der Waals surface area contributed by atoms with Gasteiger partial charge in [-0.25, -0.2) is 9.38 Å². The summed E-state index contributed by atoms with van der Waals surface area (Å²) in [6.45, 7) is 5.34. The van der Waals surface area contributed by atoms with Crippen molar-refractivity contribution in [2.75, 3.05) is 45.2 Å². The molecular formula is C19H30FIN4O2. The minimum atomic E-state index is -0.332. The van der Waals surface area contributed by atoms with Crippen LogP contribution in [0.15, 0.2) is 29.3 Å². The molecule has 6 nitrogen and oxygen atoms in total. The molecule has 1 aliphatic heterocycles. The van der Waals surface area contributed by atoms with Crippen molar-refractivity contribution in [1.82, 2.24) is 10.2 Å². The zero-order chi connectivity index (χ0) is 18.8. The van der Waals surface area contributed by atoms with Gasteiger partial charge in [0.1, 0.15) is 12.4 Å². The van der Waals surface area contributed by atoms with Gasteiger partial charge in [0.2, 0.25) is 5.91 Å². The minimum absolute atomic E-state index is 0. The maximum absolute atomic E-state index is 12.9. The van der Waals surface area contributed by atoms with Crippen LogP contribution in [-0.2, 0) is 9.53 Å². The van der Waals surface area contributed by atoms with E-state index in [2.05, 4.69) is 20.5 Å². The molecule has 1 aromatic rings. The molecule has 2 N–H and O–H groups in total. The van der Waals surface area contributed by atoms with Gasteiger partial charge in [0.05, 0.1) is 0 Å². The van der Waals surface area contributed by atoms with Crippen LogP contribution in [0, 0.1) is 11.7 Å². The Hall–Kier alpha value is -1.42. The van der Waals surface area contributed by atoms with Gasteiger partial charge in [-0.1, -0.05) is 0 Å². The van der Waals surface area contributed by atoms with Crippen LogP contribution < -0.4 is 10.6 Å². The van der Waals surface area contributed by atoms with Gasteiger partial charge in [0.15, 0.2) is 5.96 Å². The number of anilines is 1. The number of carbonyl (C=O) groups excluding carboxylic acids is 1. The van der Waals surface area contributed by atoms with Gasteiger partial charge in [-0.05, 0) is 56.4 Å². The third-order valence-electron chi connectivity index (χ3n) is 4.41. The molecule has 0 radical (unpaired) electrons. The second-order valence-corrected chi connectivity index (χ2v) is 6.49. The van der Waals surface area contributed by atoms with Gasteiger partial charge >= 0.3 is 0 Å². The average molecular weight is 492 g/mol. The number of hydrogen-bond donors (Lipinski definition) is 2. The molecule has 1 amide bonds. The predicted molar refractivity (Wildman–Crippen MR) is 117 cm³/mol. The fourth-order valence-electron chi connectivity index (χ4n) is 2.87. The Kier molecular flexibility index (Phi) is 11.3. The summed E-state index contributed by atoms with van der Waals surface area (Å²) >= 11 is 0. The lowest BCUT2D eigenvalue weighted by Gasteiger charge is -2.26. The van der Waals surface area contributed by atoms with Crippen LogP contribution in [0.4, 0.5) is 10.1 Å². The number of nitrogens with zero attached hydrogens (tertiary/aromatic N) is 2. The van der Waals surface area contributed by atoms with Crippen molar-refractivity contribution >= 4 is 41.5 Å². The van der Waals surface area contributed by atoms with Crippen LogP contribution in [0.2, 0.25) is 0 Å². The second kappa shape index (κ2) is 12.9. The van der Waals surface area contributed by atoms with Gasteiger partial charge in [-0.15, -0.1) is 24.0 Å². The summed E-state index contributed by atoms with van der Waals surface area (Å²) in [5.74, 6) is 0.844. The van der Waals surface area contributed by atoms with Crippen LogP contribution in [0.3, 0.4) is 0 Å². The van der Waals surface area contributed by atoms with Gasteiger partial charge in [0, 0.05) is 39.0 Å². The number of benzene rings is 1. The summed E-state index contributed by atoms with van der Waals surface area (Å²) in [7, 11) is 1.98. The monoisotopic (exact) mass is 492 g/mol. The van der Waals surface area contributed by atoms with Crippen molar-refractivity contribution in [3.8, 4) is 0 Å². The van der Waals surface area contributed by atoms with Gasteiger partial charge in [-0.3, -0.25) is 4.79 Å². The SMILES string of the molecule is CCNC(=NCC(=O)Nc1ccc(F)cc1)N(C)CCC1CCOCC1.I. The van der Waals surface area contributed by atoms with Crippen molar-refractivity contribution < 1.29 is 13.9 Å². The third kappa shape index (κ3) is 8.87. The molecule has 0 spiro atoms. The van der Waals surface area contributed by atoms with Crippen LogP contribution in [0.5, 0.6) is 0 Å². The quantitative estimate of drug-likeness (QED) is 0.349. The van der Waals surface area contributed by atoms with Crippen molar-refractivity contribution in [2.24, 2.45) is 10.9 Å². The number of aliphatic imine (C=N–C) groups is 1. The number of halogens is 2. The van der Waals surface area contributed by atoms with E-state index in [4.69, 9.17) is 4.74 Å². The number of amides is 1. The van der Waals surface area contributed by atoms with E-state index >= 15 is 0 Å². The summed E-state index contributed by atoms with van der Waals surface area (Å²) in [4.78, 5) is 18.5. The first-order chi connectivity index (χ1) is 12.6. The van der Waals surface area contributed by atoms with E-state index in [1.54, 1.807) is 0 Å². The minimum Gasteiger partial charge on any atom is -0.381 e. The lowest BCUT2D eigenvalue weighted by molar-refractivity contribution is -0.114. The molecule has 1 aromatic carbocycles. The molecule has 1 saturated heterocycles. The molecule has 0 saturated carbocycles. The molecule has 1 fully saturated rings. The first-order valence-electron chi connectivity index (χ1n) is 9.21. The number of nitrogens with one attached hydrogen (secondary N) is 2. The number of ether oxygens (including phenoxy) is 1.